The second-order valence-corrected chi connectivity index (χ2v) is 7.80. The predicted octanol–water partition coefficient (Wildman–Crippen LogP) is 2.11. The monoisotopic (exact) mass is 408 g/mol. The molecule has 0 radical (unpaired) electrons. The Hall–Kier alpha value is -2.78. The van der Waals surface area contributed by atoms with E-state index < -0.39 is 10.0 Å². The molecule has 0 aliphatic carbocycles. The number of hydrogen-bond donors (Lipinski definition) is 2. The number of anilines is 1. The molecule has 0 unspecified atom stereocenters. The summed E-state index contributed by atoms with van der Waals surface area (Å²) in [5.41, 5.74) is 1.62. The molecular weight excluding hydrogens is 384 g/mol. The van der Waals surface area contributed by atoms with Gasteiger partial charge in [0.25, 0.3) is 0 Å². The summed E-state index contributed by atoms with van der Waals surface area (Å²) in [6.07, 6.45) is 0.0404. The van der Waals surface area contributed by atoms with E-state index in [0.717, 1.165) is 0 Å². The number of benzene rings is 2. The lowest BCUT2D eigenvalue weighted by atomic mass is 10.1. The lowest BCUT2D eigenvalue weighted by Gasteiger charge is -2.14. The molecule has 0 atom stereocenters. The van der Waals surface area contributed by atoms with E-state index in [1.54, 1.807) is 31.2 Å². The zero-order valence-corrected chi connectivity index (χ0v) is 17.3. The van der Waals surface area contributed by atoms with Crippen LogP contribution in [0.3, 0.4) is 0 Å². The number of carbonyl (C=O) groups is 1. The lowest BCUT2D eigenvalue weighted by molar-refractivity contribution is -0.115. The number of sulfonamides is 1. The first kappa shape index (κ1) is 21.5. The summed E-state index contributed by atoms with van der Waals surface area (Å²) in [7, 11) is 2.21. The summed E-state index contributed by atoms with van der Waals surface area (Å²) < 4.78 is 42.3. The second kappa shape index (κ2) is 8.94. The highest BCUT2D eigenvalue weighted by atomic mass is 32.2. The van der Waals surface area contributed by atoms with Crippen molar-refractivity contribution in [2.24, 2.45) is 0 Å². The molecule has 28 heavy (non-hydrogen) atoms. The van der Waals surface area contributed by atoms with Crippen molar-refractivity contribution in [1.29, 1.82) is 0 Å². The van der Waals surface area contributed by atoms with E-state index in [1.165, 1.54) is 34.4 Å². The average molecular weight is 408 g/mol. The Kier molecular flexibility index (Phi) is 6.87. The Morgan fingerprint density at radius 3 is 2.11 bits per heavy atom. The molecule has 0 spiro atoms. The molecule has 0 saturated carbocycles. The highest BCUT2D eigenvalue weighted by Crippen LogP contribution is 2.38. The average Bonchev–Trinajstić information content (AvgIpc) is 2.68. The maximum Gasteiger partial charge on any atom is 0.240 e. The number of aryl methyl sites for hydroxylation is 1. The van der Waals surface area contributed by atoms with Gasteiger partial charge in [0.05, 0.1) is 32.6 Å². The van der Waals surface area contributed by atoms with Crippen molar-refractivity contribution < 1.29 is 27.4 Å². The molecule has 0 saturated heterocycles. The minimum Gasteiger partial charge on any atom is -0.493 e. The molecule has 152 valence electrons. The third-order valence-corrected chi connectivity index (χ3v) is 5.68. The zero-order valence-electron chi connectivity index (χ0n) is 16.5. The molecule has 0 bridgehead atoms. The van der Waals surface area contributed by atoms with Crippen molar-refractivity contribution in [2.45, 2.75) is 18.2 Å². The highest BCUT2D eigenvalue weighted by Gasteiger charge is 2.17. The molecule has 2 N–H and O–H groups in total. The minimum absolute atomic E-state index is 0.0404. The topological polar surface area (TPSA) is 103 Å². The van der Waals surface area contributed by atoms with Gasteiger partial charge in [-0.25, -0.2) is 13.1 Å². The molecule has 0 fully saturated rings. The largest absolute Gasteiger partial charge is 0.493 e. The van der Waals surface area contributed by atoms with Crippen molar-refractivity contribution in [3.05, 3.63) is 41.5 Å². The van der Waals surface area contributed by atoms with Crippen molar-refractivity contribution in [1.82, 2.24) is 4.72 Å². The van der Waals surface area contributed by atoms with E-state index in [4.69, 9.17) is 14.2 Å². The van der Waals surface area contributed by atoms with E-state index in [9.17, 15) is 13.2 Å². The van der Waals surface area contributed by atoms with Crippen LogP contribution in [0.25, 0.3) is 0 Å². The van der Waals surface area contributed by atoms with E-state index in [2.05, 4.69) is 10.0 Å². The minimum atomic E-state index is -3.62. The van der Waals surface area contributed by atoms with Gasteiger partial charge in [0, 0.05) is 5.69 Å². The maximum absolute atomic E-state index is 12.5. The molecule has 9 heteroatoms. The molecule has 2 aromatic rings. The Balaban J connectivity index is 2.25. The van der Waals surface area contributed by atoms with E-state index >= 15 is 0 Å². The molecule has 0 heterocycles. The van der Waals surface area contributed by atoms with Crippen molar-refractivity contribution in [3.8, 4) is 17.2 Å². The standard InChI is InChI=1S/C19H24N2O6S/c1-12-6-7-14(11-17(12)28(23,24)20-2)21-18(22)10-13-8-15(25-3)19(27-5)16(9-13)26-4/h6-9,11,20H,10H2,1-5H3,(H,21,22). The van der Waals surface area contributed by atoms with Crippen LogP contribution in [-0.4, -0.2) is 42.7 Å². The highest BCUT2D eigenvalue weighted by molar-refractivity contribution is 7.89. The summed E-state index contributed by atoms with van der Waals surface area (Å²) >= 11 is 0. The fraction of sp³-hybridized carbons (Fsp3) is 0.316. The number of methoxy groups -OCH3 is 3. The smallest absolute Gasteiger partial charge is 0.240 e. The van der Waals surface area contributed by atoms with Gasteiger partial charge >= 0.3 is 0 Å². The first-order chi connectivity index (χ1) is 13.2. The fourth-order valence-corrected chi connectivity index (χ4v) is 3.70. The number of carbonyl (C=O) groups excluding carboxylic acids is 1. The Morgan fingerprint density at radius 1 is 1.00 bits per heavy atom. The maximum atomic E-state index is 12.5. The van der Waals surface area contributed by atoms with Gasteiger partial charge in [-0.3, -0.25) is 4.79 Å². The van der Waals surface area contributed by atoms with Gasteiger partial charge in [0.2, 0.25) is 21.7 Å². The summed E-state index contributed by atoms with van der Waals surface area (Å²) in [6.45, 7) is 1.69. The molecule has 0 aromatic heterocycles. The van der Waals surface area contributed by atoms with E-state index in [-0.39, 0.29) is 17.2 Å². The van der Waals surface area contributed by atoms with Crippen LogP contribution in [0.1, 0.15) is 11.1 Å². The number of rotatable bonds is 8. The third kappa shape index (κ3) is 4.73. The molecule has 2 rings (SSSR count). The SMILES string of the molecule is CNS(=O)(=O)c1cc(NC(=O)Cc2cc(OC)c(OC)c(OC)c2)ccc1C. The van der Waals surface area contributed by atoms with Gasteiger partial charge in [-0.15, -0.1) is 0 Å². The molecule has 2 aromatic carbocycles. The van der Waals surface area contributed by atoms with Crippen LogP contribution in [0.15, 0.2) is 35.2 Å². The van der Waals surface area contributed by atoms with Gasteiger partial charge in [-0.05, 0) is 49.4 Å². The van der Waals surface area contributed by atoms with Gasteiger partial charge in [-0.1, -0.05) is 6.07 Å². The molecule has 1 amide bonds. The van der Waals surface area contributed by atoms with Gasteiger partial charge < -0.3 is 19.5 Å². The second-order valence-electron chi connectivity index (χ2n) is 5.95. The molecule has 0 aliphatic heterocycles. The van der Waals surface area contributed by atoms with Crippen molar-refractivity contribution in [3.63, 3.8) is 0 Å². The van der Waals surface area contributed by atoms with Crippen LogP contribution >= 0.6 is 0 Å². The Labute approximate surface area is 164 Å². The van der Waals surface area contributed by atoms with E-state index in [1.807, 2.05) is 0 Å². The first-order valence-corrected chi connectivity index (χ1v) is 9.87. The summed E-state index contributed by atoms with van der Waals surface area (Å²) in [6, 6.07) is 8.09. The summed E-state index contributed by atoms with van der Waals surface area (Å²) in [5.74, 6) is 1.02. The summed E-state index contributed by atoms with van der Waals surface area (Å²) in [5, 5.41) is 2.71. The quantitative estimate of drug-likeness (QED) is 0.694. The molecule has 0 aliphatic rings. The fourth-order valence-electron chi connectivity index (χ4n) is 2.71. The predicted molar refractivity (Wildman–Crippen MR) is 106 cm³/mol. The Bertz CT molecular complexity index is 947. The Morgan fingerprint density at radius 2 is 1.61 bits per heavy atom. The molecular formula is C19H24N2O6S. The molecule has 8 nitrogen and oxygen atoms in total. The van der Waals surface area contributed by atoms with Crippen LogP contribution in [0.5, 0.6) is 17.2 Å². The number of hydrogen-bond acceptors (Lipinski definition) is 6. The number of nitrogens with one attached hydrogen (secondary N) is 2. The van der Waals surface area contributed by atoms with Crippen molar-refractivity contribution >= 4 is 21.6 Å². The van der Waals surface area contributed by atoms with E-state index in [0.29, 0.717) is 34.1 Å². The van der Waals surface area contributed by atoms with Crippen molar-refractivity contribution in [2.75, 3.05) is 33.7 Å². The van der Waals surface area contributed by atoms with Gasteiger partial charge in [0.15, 0.2) is 11.5 Å². The zero-order chi connectivity index (χ0) is 20.9. The third-order valence-electron chi connectivity index (χ3n) is 4.12. The van der Waals surface area contributed by atoms with Gasteiger partial charge in [-0.2, -0.15) is 0 Å². The van der Waals surface area contributed by atoms with Gasteiger partial charge in [0.1, 0.15) is 0 Å². The number of amides is 1. The normalized spacial score (nSPS) is 11.0. The van der Waals surface area contributed by atoms with Crippen LogP contribution in [0, 0.1) is 6.92 Å². The van der Waals surface area contributed by atoms with Crippen LogP contribution in [-0.2, 0) is 21.2 Å². The van der Waals surface area contributed by atoms with Crippen LogP contribution in [0.2, 0.25) is 0 Å². The van der Waals surface area contributed by atoms with Crippen LogP contribution < -0.4 is 24.2 Å². The summed E-state index contributed by atoms with van der Waals surface area (Å²) in [4.78, 5) is 12.6. The van der Waals surface area contributed by atoms with Crippen LogP contribution in [0.4, 0.5) is 5.69 Å². The lowest BCUT2D eigenvalue weighted by Crippen LogP contribution is -2.20. The number of ether oxygens (including phenoxy) is 3. The first-order valence-electron chi connectivity index (χ1n) is 8.38.